The number of rotatable bonds is 6. The molecule has 2 N–H and O–H groups in total. The lowest BCUT2D eigenvalue weighted by molar-refractivity contribution is 0.0946. The second kappa shape index (κ2) is 7.38. The third kappa shape index (κ3) is 4.56. The van der Waals surface area contributed by atoms with E-state index >= 15 is 0 Å². The van der Waals surface area contributed by atoms with E-state index in [1.165, 1.54) is 0 Å². The minimum absolute atomic E-state index is 0.185. The fourth-order valence-electron chi connectivity index (χ4n) is 1.81. The van der Waals surface area contributed by atoms with Gasteiger partial charge in [-0.25, -0.2) is 0 Å². The smallest absolute Gasteiger partial charge is 0.270 e. The Labute approximate surface area is 124 Å². The summed E-state index contributed by atoms with van der Waals surface area (Å²) in [5.74, 6) is -0.185. The zero-order valence-electron chi connectivity index (χ0n) is 12.4. The van der Waals surface area contributed by atoms with Gasteiger partial charge in [-0.15, -0.1) is 0 Å². The van der Waals surface area contributed by atoms with Crippen molar-refractivity contribution in [2.24, 2.45) is 0 Å². The Bertz CT molecular complexity index is 595. The van der Waals surface area contributed by atoms with Gasteiger partial charge in [0.05, 0.1) is 0 Å². The maximum atomic E-state index is 12.1. The Morgan fingerprint density at radius 2 is 2.10 bits per heavy atom. The number of carbonyl (C=O) groups is 1. The molecule has 0 atom stereocenters. The van der Waals surface area contributed by atoms with Gasteiger partial charge in [0, 0.05) is 36.9 Å². The molecule has 0 bridgehead atoms. The van der Waals surface area contributed by atoms with Crippen molar-refractivity contribution < 1.29 is 4.79 Å². The SMILES string of the molecule is CCCNc1ccnc(C(=O)NCc2ccc(C)nc2)c1. The van der Waals surface area contributed by atoms with Gasteiger partial charge in [0.15, 0.2) is 0 Å². The van der Waals surface area contributed by atoms with Crippen LogP contribution in [0, 0.1) is 6.92 Å². The zero-order valence-corrected chi connectivity index (χ0v) is 12.4. The van der Waals surface area contributed by atoms with Crippen molar-refractivity contribution in [3.63, 3.8) is 0 Å². The number of anilines is 1. The maximum absolute atomic E-state index is 12.1. The number of carbonyl (C=O) groups excluding carboxylic acids is 1. The van der Waals surface area contributed by atoms with Crippen LogP contribution in [-0.2, 0) is 6.54 Å². The number of nitrogens with zero attached hydrogens (tertiary/aromatic N) is 2. The standard InChI is InChI=1S/C16H20N4O/c1-3-7-17-14-6-8-18-15(9-14)16(21)20-11-13-5-4-12(2)19-10-13/h4-6,8-10H,3,7,11H2,1-2H3,(H,17,18)(H,20,21). The van der Waals surface area contributed by atoms with E-state index in [4.69, 9.17) is 0 Å². The summed E-state index contributed by atoms with van der Waals surface area (Å²) in [6.45, 7) is 5.35. The summed E-state index contributed by atoms with van der Waals surface area (Å²) in [5.41, 5.74) is 3.25. The van der Waals surface area contributed by atoms with Crippen LogP contribution < -0.4 is 10.6 Å². The fraction of sp³-hybridized carbons (Fsp3) is 0.312. The largest absolute Gasteiger partial charge is 0.385 e. The van der Waals surface area contributed by atoms with E-state index in [9.17, 15) is 4.79 Å². The lowest BCUT2D eigenvalue weighted by Crippen LogP contribution is -2.24. The molecule has 2 aromatic heterocycles. The van der Waals surface area contributed by atoms with Crippen LogP contribution in [0.1, 0.15) is 35.1 Å². The number of hydrogen-bond acceptors (Lipinski definition) is 4. The van der Waals surface area contributed by atoms with Crippen molar-refractivity contribution in [3.05, 3.63) is 53.6 Å². The van der Waals surface area contributed by atoms with Gasteiger partial charge in [0.1, 0.15) is 5.69 Å². The van der Waals surface area contributed by atoms with Crippen LogP contribution in [0.15, 0.2) is 36.7 Å². The second-order valence-electron chi connectivity index (χ2n) is 4.85. The average molecular weight is 284 g/mol. The molecule has 0 radical (unpaired) electrons. The zero-order chi connectivity index (χ0) is 15.1. The molecule has 0 unspecified atom stereocenters. The van der Waals surface area contributed by atoms with Gasteiger partial charge < -0.3 is 10.6 Å². The van der Waals surface area contributed by atoms with E-state index in [0.29, 0.717) is 12.2 Å². The van der Waals surface area contributed by atoms with E-state index in [1.54, 1.807) is 18.5 Å². The van der Waals surface area contributed by atoms with Crippen LogP contribution in [0.2, 0.25) is 0 Å². The molecule has 5 heteroatoms. The average Bonchev–Trinajstić information content (AvgIpc) is 2.52. The molecule has 0 aliphatic carbocycles. The van der Waals surface area contributed by atoms with Crippen LogP contribution in [0.3, 0.4) is 0 Å². The molecule has 0 spiro atoms. The Morgan fingerprint density at radius 3 is 2.81 bits per heavy atom. The Hall–Kier alpha value is -2.43. The number of amides is 1. The molecule has 2 heterocycles. The Balaban J connectivity index is 1.95. The van der Waals surface area contributed by atoms with Crippen LogP contribution in [0.5, 0.6) is 0 Å². The van der Waals surface area contributed by atoms with Crippen molar-refractivity contribution in [1.29, 1.82) is 0 Å². The summed E-state index contributed by atoms with van der Waals surface area (Å²) in [6.07, 6.45) is 4.44. The highest BCUT2D eigenvalue weighted by atomic mass is 16.1. The predicted molar refractivity (Wildman–Crippen MR) is 83.2 cm³/mol. The van der Waals surface area contributed by atoms with Gasteiger partial charge >= 0.3 is 0 Å². The molecule has 1 amide bonds. The first-order valence-electron chi connectivity index (χ1n) is 7.08. The van der Waals surface area contributed by atoms with E-state index in [0.717, 1.165) is 29.9 Å². The number of aromatic nitrogens is 2. The minimum Gasteiger partial charge on any atom is -0.385 e. The van der Waals surface area contributed by atoms with Gasteiger partial charge in [0.2, 0.25) is 0 Å². The first-order chi connectivity index (χ1) is 10.2. The summed E-state index contributed by atoms with van der Waals surface area (Å²) < 4.78 is 0. The molecule has 0 fully saturated rings. The maximum Gasteiger partial charge on any atom is 0.270 e. The highest BCUT2D eigenvalue weighted by Crippen LogP contribution is 2.08. The van der Waals surface area contributed by atoms with Crippen molar-refractivity contribution in [2.45, 2.75) is 26.8 Å². The van der Waals surface area contributed by atoms with Gasteiger partial charge in [-0.1, -0.05) is 13.0 Å². The molecular formula is C16H20N4O. The Kier molecular flexibility index (Phi) is 5.26. The van der Waals surface area contributed by atoms with Gasteiger partial charge in [-0.05, 0) is 37.1 Å². The van der Waals surface area contributed by atoms with E-state index < -0.39 is 0 Å². The summed E-state index contributed by atoms with van der Waals surface area (Å²) in [6, 6.07) is 7.50. The highest BCUT2D eigenvalue weighted by Gasteiger charge is 2.07. The fourth-order valence-corrected chi connectivity index (χ4v) is 1.81. The molecule has 5 nitrogen and oxygen atoms in total. The predicted octanol–water partition coefficient (Wildman–Crippen LogP) is 2.54. The summed E-state index contributed by atoms with van der Waals surface area (Å²) in [4.78, 5) is 20.4. The topological polar surface area (TPSA) is 66.9 Å². The Morgan fingerprint density at radius 1 is 1.24 bits per heavy atom. The first kappa shape index (κ1) is 15.0. The van der Waals surface area contributed by atoms with E-state index in [-0.39, 0.29) is 5.91 Å². The highest BCUT2D eigenvalue weighted by molar-refractivity contribution is 5.93. The van der Waals surface area contributed by atoms with Crippen molar-refractivity contribution in [2.75, 3.05) is 11.9 Å². The number of aryl methyl sites for hydroxylation is 1. The third-order valence-corrected chi connectivity index (χ3v) is 3.00. The summed E-state index contributed by atoms with van der Waals surface area (Å²) in [5, 5.41) is 6.09. The molecule has 0 aromatic carbocycles. The van der Waals surface area contributed by atoms with E-state index in [1.807, 2.05) is 25.1 Å². The molecule has 2 aromatic rings. The molecule has 0 saturated carbocycles. The van der Waals surface area contributed by atoms with Crippen LogP contribution >= 0.6 is 0 Å². The normalized spacial score (nSPS) is 10.2. The minimum atomic E-state index is -0.185. The van der Waals surface area contributed by atoms with Crippen LogP contribution in [0.25, 0.3) is 0 Å². The molecule has 0 saturated heterocycles. The summed E-state index contributed by atoms with van der Waals surface area (Å²) in [7, 11) is 0. The molecule has 2 rings (SSSR count). The van der Waals surface area contributed by atoms with Gasteiger partial charge in [-0.2, -0.15) is 0 Å². The molecule has 21 heavy (non-hydrogen) atoms. The lowest BCUT2D eigenvalue weighted by Gasteiger charge is -2.08. The quantitative estimate of drug-likeness (QED) is 0.855. The van der Waals surface area contributed by atoms with E-state index in [2.05, 4.69) is 27.5 Å². The van der Waals surface area contributed by atoms with Crippen molar-refractivity contribution >= 4 is 11.6 Å². The van der Waals surface area contributed by atoms with Crippen molar-refractivity contribution in [3.8, 4) is 0 Å². The number of hydrogen-bond donors (Lipinski definition) is 2. The van der Waals surface area contributed by atoms with Crippen molar-refractivity contribution in [1.82, 2.24) is 15.3 Å². The third-order valence-electron chi connectivity index (χ3n) is 3.00. The second-order valence-corrected chi connectivity index (χ2v) is 4.85. The molecule has 110 valence electrons. The van der Waals surface area contributed by atoms with Gasteiger partial charge in [0.25, 0.3) is 5.91 Å². The number of nitrogens with one attached hydrogen (secondary N) is 2. The molecule has 0 aliphatic heterocycles. The molecular weight excluding hydrogens is 264 g/mol. The van der Waals surface area contributed by atoms with Crippen LogP contribution in [0.4, 0.5) is 5.69 Å². The molecule has 0 aliphatic rings. The first-order valence-corrected chi connectivity index (χ1v) is 7.08. The van der Waals surface area contributed by atoms with Crippen LogP contribution in [-0.4, -0.2) is 22.4 Å². The van der Waals surface area contributed by atoms with Gasteiger partial charge in [-0.3, -0.25) is 14.8 Å². The summed E-state index contributed by atoms with van der Waals surface area (Å²) >= 11 is 0. The monoisotopic (exact) mass is 284 g/mol. The lowest BCUT2D eigenvalue weighted by atomic mass is 10.2. The number of pyridine rings is 2.